The maximum atomic E-state index is 9.25. The van der Waals surface area contributed by atoms with Crippen molar-refractivity contribution >= 4 is 23.9 Å². The minimum absolute atomic E-state index is 0.355. The third kappa shape index (κ3) is 134. The molecule has 26 heavy (non-hydrogen) atoms. The summed E-state index contributed by atoms with van der Waals surface area (Å²) in [6.07, 6.45) is 6.66. The van der Waals surface area contributed by atoms with Gasteiger partial charge in [0, 0.05) is 30.9 Å². The molecular formula is C17H28O9. The molecular weight excluding hydrogens is 348 g/mol. The highest BCUT2D eigenvalue weighted by molar-refractivity contribution is 5.79. The van der Waals surface area contributed by atoms with Crippen molar-refractivity contribution in [3.05, 3.63) is 50.6 Å². The highest BCUT2D eigenvalue weighted by Crippen LogP contribution is 1.89. The summed E-state index contributed by atoms with van der Waals surface area (Å²) in [6.45, 7) is 14.3. The van der Waals surface area contributed by atoms with Gasteiger partial charge in [-0.15, -0.1) is 0 Å². The molecule has 0 aliphatic heterocycles. The van der Waals surface area contributed by atoms with Gasteiger partial charge in [-0.25, -0.2) is 19.2 Å². The second kappa shape index (κ2) is 33.4. The summed E-state index contributed by atoms with van der Waals surface area (Å²) >= 11 is 0. The molecule has 0 atom stereocenters. The maximum absolute atomic E-state index is 9.25. The molecule has 5 N–H and O–H groups in total. The maximum Gasteiger partial charge on any atom is 0.327 e. The Balaban J connectivity index is -0.0000000708. The van der Waals surface area contributed by atoms with Crippen molar-refractivity contribution in [2.24, 2.45) is 0 Å². The number of hydrogen-bond acceptors (Lipinski definition) is 5. The van der Waals surface area contributed by atoms with Crippen LogP contribution in [0.4, 0.5) is 0 Å². The quantitative estimate of drug-likeness (QED) is 0.330. The van der Waals surface area contributed by atoms with Crippen LogP contribution in [0.15, 0.2) is 50.6 Å². The lowest BCUT2D eigenvalue weighted by Gasteiger charge is -1.85. The molecule has 9 nitrogen and oxygen atoms in total. The van der Waals surface area contributed by atoms with Crippen LogP contribution in [0.2, 0.25) is 0 Å². The normalized spacial score (nSPS) is 7.00. The summed E-state index contributed by atoms with van der Waals surface area (Å²) in [5, 5.41) is 38.6. The van der Waals surface area contributed by atoms with Gasteiger partial charge < -0.3 is 25.5 Å². The third-order valence-electron chi connectivity index (χ3n) is 1.46. The topological polar surface area (TPSA) is 169 Å². The lowest BCUT2D eigenvalue weighted by molar-refractivity contribution is -0.132. The van der Waals surface area contributed by atoms with Crippen molar-refractivity contribution in [3.63, 3.8) is 0 Å². The summed E-state index contributed by atoms with van der Waals surface area (Å²) in [7, 11) is 0. The number of carbonyl (C=O) groups is 4. The molecule has 0 radical (unpaired) electrons. The van der Waals surface area contributed by atoms with Crippen LogP contribution in [0.25, 0.3) is 0 Å². The fourth-order valence-corrected chi connectivity index (χ4v) is 0.362. The molecule has 0 aliphatic rings. The Hall–Kier alpha value is -3.20. The smallest absolute Gasteiger partial charge is 0.327 e. The molecule has 0 aromatic heterocycles. The average molecular weight is 376 g/mol. The van der Waals surface area contributed by atoms with E-state index >= 15 is 0 Å². The first kappa shape index (κ1) is 34.2. The number of aliphatic hydroxyl groups excluding tert-OH is 1. The molecule has 0 amide bonds. The van der Waals surface area contributed by atoms with Crippen LogP contribution in [0.5, 0.6) is 0 Å². The number of carboxylic acid groups (broad SMARTS) is 4. The van der Waals surface area contributed by atoms with Crippen molar-refractivity contribution in [1.82, 2.24) is 0 Å². The van der Waals surface area contributed by atoms with Gasteiger partial charge >= 0.3 is 23.9 Å². The van der Waals surface area contributed by atoms with Crippen LogP contribution in [0.3, 0.4) is 0 Å². The van der Waals surface area contributed by atoms with Gasteiger partial charge in [0.2, 0.25) is 0 Å². The Labute approximate surface area is 152 Å². The zero-order valence-corrected chi connectivity index (χ0v) is 14.8. The molecule has 0 aromatic carbocycles. The van der Waals surface area contributed by atoms with Crippen molar-refractivity contribution in [2.75, 3.05) is 6.61 Å². The lowest BCUT2D eigenvalue weighted by atomic mass is 10.3. The van der Waals surface area contributed by atoms with E-state index in [1.807, 2.05) is 0 Å². The van der Waals surface area contributed by atoms with Crippen LogP contribution >= 0.6 is 0 Å². The standard InChI is InChI=1S/C5H12O.4C3H4O2/c1-2-3-4-5-6;4*1-2-3(4)5/h6H,2-5H2,1H3;4*2H,1H2,(H,4,5). The van der Waals surface area contributed by atoms with Gasteiger partial charge in [-0.05, 0) is 6.42 Å². The van der Waals surface area contributed by atoms with Gasteiger partial charge in [-0.1, -0.05) is 46.1 Å². The highest BCUT2D eigenvalue weighted by atomic mass is 16.4. The summed E-state index contributed by atoms with van der Waals surface area (Å²) in [5.74, 6) is -3.93. The fraction of sp³-hybridized carbons (Fsp3) is 0.294. The summed E-state index contributed by atoms with van der Waals surface area (Å²) in [4.78, 5) is 37.0. The van der Waals surface area contributed by atoms with E-state index in [1.165, 1.54) is 6.42 Å². The summed E-state index contributed by atoms with van der Waals surface area (Å²) < 4.78 is 0. The SMILES string of the molecule is C=CC(=O)O.C=CC(=O)O.C=CC(=O)O.C=CC(=O)O.CCCCCO. The largest absolute Gasteiger partial charge is 0.478 e. The van der Waals surface area contributed by atoms with E-state index in [0.29, 0.717) is 6.61 Å². The van der Waals surface area contributed by atoms with Crippen LogP contribution in [-0.2, 0) is 19.2 Å². The molecule has 150 valence electrons. The average Bonchev–Trinajstić information content (AvgIpc) is 2.61. The molecule has 9 heteroatoms. The molecule has 0 unspecified atom stereocenters. The van der Waals surface area contributed by atoms with Crippen LogP contribution in [0.1, 0.15) is 26.2 Å². The molecule has 0 saturated heterocycles. The Morgan fingerprint density at radius 1 is 0.654 bits per heavy atom. The fourth-order valence-electron chi connectivity index (χ4n) is 0.362. The Bertz CT molecular complexity index is 350. The zero-order valence-electron chi connectivity index (χ0n) is 14.8. The predicted molar refractivity (Wildman–Crippen MR) is 97.9 cm³/mol. The van der Waals surface area contributed by atoms with Crippen molar-refractivity contribution in [1.29, 1.82) is 0 Å². The Morgan fingerprint density at radius 2 is 0.846 bits per heavy atom. The van der Waals surface area contributed by atoms with Crippen molar-refractivity contribution in [2.45, 2.75) is 26.2 Å². The minimum atomic E-state index is -0.981. The van der Waals surface area contributed by atoms with Crippen molar-refractivity contribution < 1.29 is 44.7 Å². The van der Waals surface area contributed by atoms with E-state index in [4.69, 9.17) is 25.5 Å². The second-order valence-electron chi connectivity index (χ2n) is 3.60. The van der Waals surface area contributed by atoms with Gasteiger partial charge in [-0.2, -0.15) is 0 Å². The molecule has 0 aromatic rings. The number of rotatable bonds is 7. The number of aliphatic carboxylic acids is 4. The number of aliphatic hydroxyl groups is 1. The lowest BCUT2D eigenvalue weighted by Crippen LogP contribution is -1.82. The van der Waals surface area contributed by atoms with Gasteiger partial charge in [0.1, 0.15) is 0 Å². The van der Waals surface area contributed by atoms with E-state index in [1.54, 1.807) is 0 Å². The number of unbranched alkanes of at least 4 members (excludes halogenated alkanes) is 2. The van der Waals surface area contributed by atoms with Gasteiger partial charge in [-0.3, -0.25) is 0 Å². The molecule has 0 fully saturated rings. The Kier molecular flexibility index (Phi) is 44.0. The zero-order chi connectivity index (χ0) is 22.0. The van der Waals surface area contributed by atoms with E-state index in [-0.39, 0.29) is 0 Å². The van der Waals surface area contributed by atoms with Crippen molar-refractivity contribution in [3.8, 4) is 0 Å². The van der Waals surface area contributed by atoms with Gasteiger partial charge in [0.15, 0.2) is 0 Å². The van der Waals surface area contributed by atoms with Crippen LogP contribution < -0.4 is 0 Å². The third-order valence-corrected chi connectivity index (χ3v) is 1.46. The molecule has 0 heterocycles. The first-order chi connectivity index (χ1) is 12.0. The molecule has 0 saturated carbocycles. The Morgan fingerprint density at radius 3 is 0.885 bits per heavy atom. The monoisotopic (exact) mass is 376 g/mol. The number of carboxylic acids is 4. The van der Waals surface area contributed by atoms with E-state index < -0.39 is 23.9 Å². The molecule has 0 spiro atoms. The first-order valence-electron chi connectivity index (χ1n) is 7.02. The summed E-state index contributed by atoms with van der Waals surface area (Å²) in [5.41, 5.74) is 0. The highest BCUT2D eigenvalue weighted by Gasteiger charge is 1.76. The van der Waals surface area contributed by atoms with Crippen LogP contribution in [-0.4, -0.2) is 56.0 Å². The van der Waals surface area contributed by atoms with E-state index in [0.717, 1.165) is 37.1 Å². The van der Waals surface area contributed by atoms with Gasteiger partial charge in [0.05, 0.1) is 0 Å². The second-order valence-corrected chi connectivity index (χ2v) is 3.60. The molecule has 0 bridgehead atoms. The number of hydrogen-bond donors (Lipinski definition) is 5. The van der Waals surface area contributed by atoms with Gasteiger partial charge in [0.25, 0.3) is 0 Å². The first-order valence-corrected chi connectivity index (χ1v) is 7.02. The predicted octanol–water partition coefficient (Wildman–Crippen LogP) is 2.20. The van der Waals surface area contributed by atoms with Crippen LogP contribution in [0, 0.1) is 0 Å². The minimum Gasteiger partial charge on any atom is -0.478 e. The van der Waals surface area contributed by atoms with E-state index in [2.05, 4.69) is 33.2 Å². The van der Waals surface area contributed by atoms with E-state index in [9.17, 15) is 19.2 Å². The summed E-state index contributed by atoms with van der Waals surface area (Å²) in [6, 6.07) is 0. The molecule has 0 rings (SSSR count). The molecule has 0 aliphatic carbocycles.